The van der Waals surface area contributed by atoms with Crippen molar-refractivity contribution in [2.75, 3.05) is 0 Å². The van der Waals surface area contributed by atoms with Gasteiger partial charge in [-0.2, -0.15) is 0 Å². The highest BCUT2D eigenvalue weighted by Crippen LogP contribution is 2.37. The predicted molar refractivity (Wildman–Crippen MR) is 80.2 cm³/mol. The molecule has 1 aromatic carbocycles. The molecule has 20 heavy (non-hydrogen) atoms. The Bertz CT molecular complexity index is 454. The number of hydrogen-bond acceptors (Lipinski definition) is 1. The maximum Gasteiger partial charge on any atom is 0.338 e. The summed E-state index contributed by atoms with van der Waals surface area (Å²) in [5.41, 5.74) is 0.723. The second kappa shape index (κ2) is 7.63. The van der Waals surface area contributed by atoms with Crippen LogP contribution in [0.2, 0.25) is 0 Å². The van der Waals surface area contributed by atoms with Crippen molar-refractivity contribution in [3.05, 3.63) is 35.1 Å². The summed E-state index contributed by atoms with van der Waals surface area (Å²) in [5.74, 6) is -0.591. The van der Waals surface area contributed by atoms with Crippen molar-refractivity contribution >= 4 is 18.4 Å². The smallest absolute Gasteiger partial charge is 0.338 e. The van der Waals surface area contributed by atoms with Gasteiger partial charge in [0.1, 0.15) is 5.82 Å². The van der Waals surface area contributed by atoms with Crippen LogP contribution < -0.4 is 0 Å². The van der Waals surface area contributed by atoms with E-state index in [1.807, 2.05) is 0 Å². The highest BCUT2D eigenvalue weighted by molar-refractivity contribution is 5.87. The van der Waals surface area contributed by atoms with Gasteiger partial charge in [-0.1, -0.05) is 25.8 Å². The van der Waals surface area contributed by atoms with Gasteiger partial charge in [-0.3, -0.25) is 0 Å². The van der Waals surface area contributed by atoms with Crippen LogP contribution in [0.15, 0.2) is 18.2 Å². The zero-order valence-corrected chi connectivity index (χ0v) is 12.6. The lowest BCUT2D eigenvalue weighted by Gasteiger charge is -2.28. The second-order valence-electron chi connectivity index (χ2n) is 5.55. The van der Waals surface area contributed by atoms with Crippen LogP contribution in [0.3, 0.4) is 0 Å². The van der Waals surface area contributed by atoms with Crippen LogP contribution in [-0.4, -0.2) is 11.1 Å². The number of halogens is 2. The topological polar surface area (TPSA) is 37.3 Å². The number of rotatable bonds is 4. The first kappa shape index (κ1) is 17.0. The first-order valence-electron chi connectivity index (χ1n) is 7.14. The van der Waals surface area contributed by atoms with Crippen LogP contribution in [0, 0.1) is 11.7 Å². The SMILES string of the molecule is CCCC1CCC(c2ccc(C(=O)O)c(F)c2)CC1.Cl. The Kier molecular flexibility index (Phi) is 6.47. The Morgan fingerprint density at radius 1 is 1.30 bits per heavy atom. The lowest BCUT2D eigenvalue weighted by molar-refractivity contribution is 0.0692. The average Bonchev–Trinajstić information content (AvgIpc) is 2.39. The number of carboxylic acid groups (broad SMARTS) is 1. The highest BCUT2D eigenvalue weighted by Gasteiger charge is 2.23. The molecule has 2 rings (SSSR count). The van der Waals surface area contributed by atoms with Gasteiger partial charge < -0.3 is 5.11 Å². The fraction of sp³-hybridized carbons (Fsp3) is 0.562. The van der Waals surface area contributed by atoms with Crippen molar-refractivity contribution in [1.82, 2.24) is 0 Å². The first-order valence-corrected chi connectivity index (χ1v) is 7.14. The molecular formula is C16H22ClFO2. The Morgan fingerprint density at radius 2 is 1.95 bits per heavy atom. The Hall–Kier alpha value is -1.09. The minimum absolute atomic E-state index is 0. The maximum absolute atomic E-state index is 13.7. The van der Waals surface area contributed by atoms with Crippen LogP contribution in [-0.2, 0) is 0 Å². The van der Waals surface area contributed by atoms with Gasteiger partial charge in [-0.25, -0.2) is 9.18 Å². The van der Waals surface area contributed by atoms with E-state index in [0.717, 1.165) is 24.3 Å². The molecule has 0 heterocycles. The molecule has 2 nitrogen and oxygen atoms in total. The molecule has 0 spiro atoms. The molecular weight excluding hydrogens is 279 g/mol. The third kappa shape index (κ3) is 3.95. The molecule has 112 valence electrons. The molecule has 4 heteroatoms. The van der Waals surface area contributed by atoms with Gasteiger partial charge in [0, 0.05) is 0 Å². The Balaban J connectivity index is 0.00000200. The van der Waals surface area contributed by atoms with E-state index in [9.17, 15) is 9.18 Å². The Morgan fingerprint density at radius 3 is 2.45 bits per heavy atom. The van der Waals surface area contributed by atoms with E-state index in [2.05, 4.69) is 6.92 Å². The maximum atomic E-state index is 13.7. The van der Waals surface area contributed by atoms with Crippen molar-refractivity contribution in [3.63, 3.8) is 0 Å². The highest BCUT2D eigenvalue weighted by atomic mass is 35.5. The summed E-state index contributed by atoms with van der Waals surface area (Å²) in [7, 11) is 0. The van der Waals surface area contributed by atoms with E-state index in [4.69, 9.17) is 5.11 Å². The molecule has 0 bridgehead atoms. The molecule has 1 aliphatic carbocycles. The van der Waals surface area contributed by atoms with E-state index in [-0.39, 0.29) is 18.0 Å². The standard InChI is InChI=1S/C16H21FO2.ClH/c1-2-3-11-4-6-12(7-5-11)13-8-9-14(16(18)19)15(17)10-13;/h8-12H,2-7H2,1H3,(H,18,19);1H. The van der Waals surface area contributed by atoms with Crippen molar-refractivity contribution in [3.8, 4) is 0 Å². The van der Waals surface area contributed by atoms with Crippen molar-refractivity contribution < 1.29 is 14.3 Å². The van der Waals surface area contributed by atoms with Gasteiger partial charge in [0.25, 0.3) is 0 Å². The largest absolute Gasteiger partial charge is 0.478 e. The Labute approximate surface area is 125 Å². The molecule has 1 aliphatic rings. The van der Waals surface area contributed by atoms with Crippen molar-refractivity contribution in [2.24, 2.45) is 5.92 Å². The zero-order chi connectivity index (χ0) is 13.8. The summed E-state index contributed by atoms with van der Waals surface area (Å²) in [6.45, 7) is 2.21. The normalized spacial score (nSPS) is 22.1. The molecule has 0 radical (unpaired) electrons. The molecule has 0 amide bonds. The van der Waals surface area contributed by atoms with Crippen LogP contribution in [0.4, 0.5) is 4.39 Å². The summed E-state index contributed by atoms with van der Waals surface area (Å²) in [6, 6.07) is 4.58. The molecule has 1 saturated carbocycles. The van der Waals surface area contributed by atoms with Gasteiger partial charge in [0.05, 0.1) is 5.56 Å². The summed E-state index contributed by atoms with van der Waals surface area (Å²) >= 11 is 0. The quantitative estimate of drug-likeness (QED) is 0.847. The van der Waals surface area contributed by atoms with Gasteiger partial charge >= 0.3 is 5.97 Å². The van der Waals surface area contributed by atoms with Gasteiger partial charge in [-0.05, 0) is 55.2 Å². The summed E-state index contributed by atoms with van der Waals surface area (Å²) in [4.78, 5) is 10.8. The lowest BCUT2D eigenvalue weighted by Crippen LogP contribution is -2.13. The summed E-state index contributed by atoms with van der Waals surface area (Å²) in [5, 5.41) is 8.82. The minimum atomic E-state index is -1.20. The number of hydrogen-bond donors (Lipinski definition) is 1. The van der Waals surface area contributed by atoms with Crippen LogP contribution >= 0.6 is 12.4 Å². The molecule has 0 saturated heterocycles. The lowest BCUT2D eigenvalue weighted by atomic mass is 9.77. The van der Waals surface area contributed by atoms with E-state index < -0.39 is 11.8 Å². The average molecular weight is 301 g/mol. The molecule has 0 aliphatic heterocycles. The monoisotopic (exact) mass is 300 g/mol. The van der Waals surface area contributed by atoms with Crippen molar-refractivity contribution in [2.45, 2.75) is 51.4 Å². The van der Waals surface area contributed by atoms with Crippen LogP contribution in [0.1, 0.15) is 67.3 Å². The van der Waals surface area contributed by atoms with E-state index in [1.165, 1.54) is 37.8 Å². The van der Waals surface area contributed by atoms with E-state index in [0.29, 0.717) is 5.92 Å². The number of benzene rings is 1. The molecule has 0 atom stereocenters. The fourth-order valence-corrected chi connectivity index (χ4v) is 3.15. The van der Waals surface area contributed by atoms with Gasteiger partial charge in [0.2, 0.25) is 0 Å². The van der Waals surface area contributed by atoms with Crippen LogP contribution in [0.25, 0.3) is 0 Å². The first-order chi connectivity index (χ1) is 9.11. The molecule has 1 N–H and O–H groups in total. The number of aromatic carboxylic acids is 1. The van der Waals surface area contributed by atoms with Crippen molar-refractivity contribution in [1.29, 1.82) is 0 Å². The zero-order valence-electron chi connectivity index (χ0n) is 11.8. The molecule has 1 aromatic rings. The van der Waals surface area contributed by atoms with Crippen LogP contribution in [0.5, 0.6) is 0 Å². The second-order valence-corrected chi connectivity index (χ2v) is 5.55. The summed E-state index contributed by atoms with van der Waals surface area (Å²) in [6.07, 6.45) is 7.13. The summed E-state index contributed by atoms with van der Waals surface area (Å²) < 4.78 is 13.7. The number of carboxylic acids is 1. The third-order valence-corrected chi connectivity index (χ3v) is 4.24. The molecule has 0 aromatic heterocycles. The van der Waals surface area contributed by atoms with E-state index >= 15 is 0 Å². The van der Waals surface area contributed by atoms with Gasteiger partial charge in [-0.15, -0.1) is 12.4 Å². The molecule has 1 fully saturated rings. The van der Waals surface area contributed by atoms with Gasteiger partial charge in [0.15, 0.2) is 0 Å². The third-order valence-electron chi connectivity index (χ3n) is 4.24. The molecule has 0 unspecified atom stereocenters. The predicted octanol–water partition coefficient (Wildman–Crippen LogP) is 5.02. The number of carbonyl (C=O) groups is 1. The minimum Gasteiger partial charge on any atom is -0.478 e. The fourth-order valence-electron chi connectivity index (χ4n) is 3.15. The van der Waals surface area contributed by atoms with E-state index in [1.54, 1.807) is 6.07 Å².